The second-order valence-electron chi connectivity index (χ2n) is 3.93. The molecule has 84 valence electrons. The minimum atomic E-state index is 0.593. The summed E-state index contributed by atoms with van der Waals surface area (Å²) >= 11 is 1.43. The van der Waals surface area contributed by atoms with Gasteiger partial charge in [0, 0.05) is 19.7 Å². The first-order valence-corrected chi connectivity index (χ1v) is 5.91. The van der Waals surface area contributed by atoms with Crippen molar-refractivity contribution >= 4 is 22.4 Å². The molecule has 2 aromatic rings. The molecule has 0 unspecified atom stereocenters. The van der Waals surface area contributed by atoms with E-state index < -0.39 is 0 Å². The van der Waals surface area contributed by atoms with Crippen LogP contribution in [0.5, 0.6) is 0 Å². The van der Waals surface area contributed by atoms with Gasteiger partial charge in [-0.25, -0.2) is 0 Å². The molecule has 1 heterocycles. The van der Waals surface area contributed by atoms with Crippen LogP contribution < -0.4 is 10.6 Å². The lowest BCUT2D eigenvalue weighted by atomic mass is 10.1. The predicted molar refractivity (Wildman–Crippen MR) is 69.8 cm³/mol. The van der Waals surface area contributed by atoms with Gasteiger partial charge in [0.05, 0.1) is 0 Å². The van der Waals surface area contributed by atoms with E-state index in [1.165, 1.54) is 22.7 Å². The summed E-state index contributed by atoms with van der Waals surface area (Å²) in [5.41, 5.74) is 8.18. The van der Waals surface area contributed by atoms with Crippen LogP contribution in [0.3, 0.4) is 0 Å². The van der Waals surface area contributed by atoms with Crippen LogP contribution in [0.15, 0.2) is 30.3 Å². The maximum absolute atomic E-state index is 5.60. The number of benzene rings is 1. The first-order valence-electron chi connectivity index (χ1n) is 5.14. The van der Waals surface area contributed by atoms with Gasteiger partial charge in [0.25, 0.3) is 0 Å². The molecule has 0 bridgehead atoms. The highest BCUT2D eigenvalue weighted by atomic mass is 32.1. The quantitative estimate of drug-likeness (QED) is 0.886. The normalized spacial score (nSPS) is 10.4. The van der Waals surface area contributed by atoms with Crippen molar-refractivity contribution in [3.05, 3.63) is 41.5 Å². The third-order valence-electron chi connectivity index (χ3n) is 2.43. The Bertz CT molecular complexity index is 461. The van der Waals surface area contributed by atoms with Crippen molar-refractivity contribution in [2.24, 2.45) is 0 Å². The molecule has 0 amide bonds. The molecule has 3 nitrogen and oxygen atoms in total. The molecule has 0 atom stereocenters. The number of hydrogen-bond acceptors (Lipinski definition) is 4. The standard InChI is InChI=1S/C12H15N3S/c1-9-3-5-10(6-4-9)8-15(2)12-7-11(13)14-16-12/h3-7H,8H2,1-2H3,(H2,13,14). The Morgan fingerprint density at radius 1 is 1.31 bits per heavy atom. The van der Waals surface area contributed by atoms with Crippen LogP contribution in [0.25, 0.3) is 0 Å². The molecule has 2 rings (SSSR count). The fourth-order valence-corrected chi connectivity index (χ4v) is 2.13. The van der Waals surface area contributed by atoms with Crippen LogP contribution in [0, 0.1) is 6.92 Å². The highest BCUT2D eigenvalue weighted by Crippen LogP contribution is 2.23. The van der Waals surface area contributed by atoms with Crippen molar-refractivity contribution in [2.45, 2.75) is 13.5 Å². The average Bonchev–Trinajstić information content (AvgIpc) is 2.68. The van der Waals surface area contributed by atoms with E-state index in [-0.39, 0.29) is 0 Å². The number of aryl methyl sites for hydroxylation is 1. The number of aromatic nitrogens is 1. The third kappa shape index (κ3) is 2.52. The minimum absolute atomic E-state index is 0.593. The van der Waals surface area contributed by atoms with Gasteiger partial charge in [-0.3, -0.25) is 0 Å². The van der Waals surface area contributed by atoms with Gasteiger partial charge >= 0.3 is 0 Å². The van der Waals surface area contributed by atoms with Gasteiger partial charge < -0.3 is 10.6 Å². The van der Waals surface area contributed by atoms with E-state index in [9.17, 15) is 0 Å². The van der Waals surface area contributed by atoms with Crippen molar-refractivity contribution in [1.29, 1.82) is 0 Å². The number of rotatable bonds is 3. The zero-order valence-corrected chi connectivity index (χ0v) is 10.3. The van der Waals surface area contributed by atoms with Crippen LogP contribution in [0.2, 0.25) is 0 Å². The van der Waals surface area contributed by atoms with E-state index in [1.807, 2.05) is 13.1 Å². The Balaban J connectivity index is 2.07. The van der Waals surface area contributed by atoms with E-state index >= 15 is 0 Å². The Hall–Kier alpha value is -1.55. The molecule has 16 heavy (non-hydrogen) atoms. The largest absolute Gasteiger partial charge is 0.383 e. The number of nitrogen functional groups attached to an aromatic ring is 1. The molecule has 0 saturated heterocycles. The highest BCUT2D eigenvalue weighted by molar-refractivity contribution is 7.10. The van der Waals surface area contributed by atoms with Crippen molar-refractivity contribution in [2.75, 3.05) is 17.7 Å². The number of hydrogen-bond donors (Lipinski definition) is 1. The number of nitrogens with two attached hydrogens (primary N) is 1. The van der Waals surface area contributed by atoms with Crippen molar-refractivity contribution in [3.63, 3.8) is 0 Å². The summed E-state index contributed by atoms with van der Waals surface area (Å²) in [7, 11) is 2.05. The van der Waals surface area contributed by atoms with Gasteiger partial charge in [0.2, 0.25) is 0 Å². The van der Waals surface area contributed by atoms with E-state index in [0.29, 0.717) is 5.82 Å². The topological polar surface area (TPSA) is 42.1 Å². The zero-order chi connectivity index (χ0) is 11.5. The van der Waals surface area contributed by atoms with Crippen molar-refractivity contribution in [1.82, 2.24) is 4.37 Å². The second-order valence-corrected chi connectivity index (χ2v) is 4.72. The molecule has 4 heteroatoms. The van der Waals surface area contributed by atoms with Crippen LogP contribution >= 0.6 is 11.5 Å². The number of nitrogens with zero attached hydrogens (tertiary/aromatic N) is 2. The van der Waals surface area contributed by atoms with E-state index in [2.05, 4.69) is 40.5 Å². The maximum atomic E-state index is 5.60. The summed E-state index contributed by atoms with van der Waals surface area (Å²) in [6.07, 6.45) is 0. The second kappa shape index (κ2) is 4.53. The van der Waals surface area contributed by atoms with Crippen LogP contribution in [0.1, 0.15) is 11.1 Å². The highest BCUT2D eigenvalue weighted by Gasteiger charge is 2.05. The monoisotopic (exact) mass is 233 g/mol. The lowest BCUT2D eigenvalue weighted by Crippen LogP contribution is -2.14. The summed E-state index contributed by atoms with van der Waals surface area (Å²) in [5.74, 6) is 0.593. The van der Waals surface area contributed by atoms with E-state index in [4.69, 9.17) is 5.73 Å². The molecule has 1 aromatic heterocycles. The first kappa shape index (κ1) is 11.0. The van der Waals surface area contributed by atoms with Gasteiger partial charge in [-0.1, -0.05) is 29.8 Å². The summed E-state index contributed by atoms with van der Waals surface area (Å²) in [4.78, 5) is 2.15. The molecule has 0 aliphatic rings. The molecule has 1 aromatic carbocycles. The molecule has 0 aliphatic carbocycles. The van der Waals surface area contributed by atoms with E-state index in [0.717, 1.165) is 11.5 Å². The van der Waals surface area contributed by atoms with Gasteiger partial charge in [0.1, 0.15) is 10.8 Å². The molecular formula is C12H15N3S. The molecule has 0 saturated carbocycles. The summed E-state index contributed by atoms with van der Waals surface area (Å²) < 4.78 is 4.07. The summed E-state index contributed by atoms with van der Waals surface area (Å²) in [6.45, 7) is 2.97. The summed E-state index contributed by atoms with van der Waals surface area (Å²) in [5, 5.41) is 1.10. The first-order chi connectivity index (χ1) is 7.65. The minimum Gasteiger partial charge on any atom is -0.383 e. The fraction of sp³-hybridized carbons (Fsp3) is 0.250. The number of anilines is 2. The fourth-order valence-electron chi connectivity index (χ4n) is 1.50. The average molecular weight is 233 g/mol. The maximum Gasteiger partial charge on any atom is 0.139 e. The van der Waals surface area contributed by atoms with Crippen LogP contribution in [-0.4, -0.2) is 11.4 Å². The molecule has 0 spiro atoms. The molecule has 0 radical (unpaired) electrons. The lowest BCUT2D eigenvalue weighted by Gasteiger charge is -2.16. The van der Waals surface area contributed by atoms with Crippen molar-refractivity contribution in [3.8, 4) is 0 Å². The lowest BCUT2D eigenvalue weighted by molar-refractivity contribution is 0.934. The zero-order valence-electron chi connectivity index (χ0n) is 9.47. The molecular weight excluding hydrogens is 218 g/mol. The van der Waals surface area contributed by atoms with E-state index in [1.54, 1.807) is 0 Å². The van der Waals surface area contributed by atoms with Crippen molar-refractivity contribution < 1.29 is 0 Å². The molecule has 2 N–H and O–H groups in total. The SMILES string of the molecule is Cc1ccc(CN(C)c2cc(N)ns2)cc1. The Morgan fingerprint density at radius 2 is 2.00 bits per heavy atom. The molecule has 0 aliphatic heterocycles. The Labute approximate surface area is 99.7 Å². The Kier molecular flexibility index (Phi) is 3.10. The van der Waals surface area contributed by atoms with Gasteiger partial charge in [-0.15, -0.1) is 0 Å². The smallest absolute Gasteiger partial charge is 0.139 e. The Morgan fingerprint density at radius 3 is 2.56 bits per heavy atom. The van der Waals surface area contributed by atoms with Gasteiger partial charge in [-0.05, 0) is 24.0 Å². The van der Waals surface area contributed by atoms with Crippen LogP contribution in [-0.2, 0) is 6.54 Å². The van der Waals surface area contributed by atoms with Gasteiger partial charge in [-0.2, -0.15) is 4.37 Å². The van der Waals surface area contributed by atoms with Gasteiger partial charge in [0.15, 0.2) is 0 Å². The third-order valence-corrected chi connectivity index (χ3v) is 3.35. The van der Waals surface area contributed by atoms with Crippen LogP contribution in [0.4, 0.5) is 10.8 Å². The summed E-state index contributed by atoms with van der Waals surface area (Å²) in [6, 6.07) is 10.5. The predicted octanol–water partition coefficient (Wildman–Crippen LogP) is 2.67. The molecule has 0 fully saturated rings.